The van der Waals surface area contributed by atoms with Crippen LogP contribution in [0.25, 0.3) is 0 Å². The number of benzene rings is 1. The molecule has 1 unspecified atom stereocenters. The van der Waals surface area contributed by atoms with Crippen LogP contribution in [0.3, 0.4) is 0 Å². The van der Waals surface area contributed by atoms with Gasteiger partial charge in [-0.1, -0.05) is 6.07 Å². The van der Waals surface area contributed by atoms with Gasteiger partial charge in [-0.15, -0.1) is 0 Å². The van der Waals surface area contributed by atoms with E-state index in [-0.39, 0.29) is 24.5 Å². The largest absolute Gasteiger partial charge is 0.497 e. The first-order chi connectivity index (χ1) is 13.4. The molecule has 2 aromatic rings. The van der Waals surface area contributed by atoms with E-state index >= 15 is 0 Å². The number of rotatable bonds is 6. The van der Waals surface area contributed by atoms with Crippen molar-refractivity contribution in [3.05, 3.63) is 58.1 Å². The highest BCUT2D eigenvalue weighted by Gasteiger charge is 2.28. The summed E-state index contributed by atoms with van der Waals surface area (Å²) in [5, 5.41) is 2.63. The molecule has 1 aliphatic heterocycles. The Morgan fingerprint density at radius 1 is 1.25 bits per heavy atom. The summed E-state index contributed by atoms with van der Waals surface area (Å²) in [6, 6.07) is 9.64. The number of ether oxygens (including phenoxy) is 2. The Bertz CT molecular complexity index is 923. The SMILES string of the molecule is COc1cccc(C(=O)NCC(=O)N2CCC(Oc3cc(C)oc(=O)c3)C2)c1. The van der Waals surface area contributed by atoms with Crippen molar-refractivity contribution >= 4 is 11.8 Å². The van der Waals surface area contributed by atoms with Crippen LogP contribution < -0.4 is 20.4 Å². The van der Waals surface area contributed by atoms with Crippen LogP contribution >= 0.6 is 0 Å². The van der Waals surface area contributed by atoms with Crippen molar-refractivity contribution in [1.29, 1.82) is 0 Å². The van der Waals surface area contributed by atoms with Crippen molar-refractivity contribution in [2.24, 2.45) is 0 Å². The van der Waals surface area contributed by atoms with E-state index in [4.69, 9.17) is 13.9 Å². The predicted octanol–water partition coefficient (Wildman–Crippen LogP) is 1.37. The molecular formula is C20H22N2O6. The van der Waals surface area contributed by atoms with E-state index in [9.17, 15) is 14.4 Å². The van der Waals surface area contributed by atoms with Gasteiger partial charge in [-0.25, -0.2) is 4.79 Å². The van der Waals surface area contributed by atoms with E-state index in [2.05, 4.69) is 5.32 Å². The van der Waals surface area contributed by atoms with Crippen LogP contribution in [0, 0.1) is 6.92 Å². The molecule has 1 atom stereocenters. The molecule has 3 rings (SSSR count). The zero-order valence-electron chi connectivity index (χ0n) is 15.8. The van der Waals surface area contributed by atoms with Crippen LogP contribution in [0.5, 0.6) is 11.5 Å². The summed E-state index contributed by atoms with van der Waals surface area (Å²) in [5.74, 6) is 0.939. The molecule has 0 bridgehead atoms. The fourth-order valence-electron chi connectivity index (χ4n) is 3.02. The van der Waals surface area contributed by atoms with Gasteiger partial charge in [-0.2, -0.15) is 0 Å². The van der Waals surface area contributed by atoms with Gasteiger partial charge in [0.25, 0.3) is 5.91 Å². The zero-order chi connectivity index (χ0) is 20.1. The fraction of sp³-hybridized carbons (Fsp3) is 0.350. The van der Waals surface area contributed by atoms with E-state index in [1.165, 1.54) is 13.2 Å². The van der Waals surface area contributed by atoms with E-state index in [0.717, 1.165) is 0 Å². The summed E-state index contributed by atoms with van der Waals surface area (Å²) in [6.45, 7) is 2.49. The molecule has 1 saturated heterocycles. The van der Waals surface area contributed by atoms with Gasteiger partial charge >= 0.3 is 5.63 Å². The Balaban J connectivity index is 1.50. The monoisotopic (exact) mass is 386 g/mol. The Labute approximate surface area is 162 Å². The van der Waals surface area contributed by atoms with Crippen LogP contribution in [0.4, 0.5) is 0 Å². The van der Waals surface area contributed by atoms with Gasteiger partial charge in [0.05, 0.1) is 26.3 Å². The van der Waals surface area contributed by atoms with Gasteiger partial charge in [0.15, 0.2) is 0 Å². The lowest BCUT2D eigenvalue weighted by molar-refractivity contribution is -0.129. The molecule has 28 heavy (non-hydrogen) atoms. The van der Waals surface area contributed by atoms with Crippen LogP contribution in [-0.2, 0) is 4.79 Å². The molecule has 2 heterocycles. The number of amides is 2. The average molecular weight is 386 g/mol. The van der Waals surface area contributed by atoms with Crippen LogP contribution in [0.2, 0.25) is 0 Å². The molecule has 1 aromatic heterocycles. The second-order valence-electron chi connectivity index (χ2n) is 6.51. The molecule has 8 nitrogen and oxygen atoms in total. The van der Waals surface area contributed by atoms with E-state index in [0.29, 0.717) is 42.3 Å². The molecule has 0 radical (unpaired) electrons. The number of aryl methyl sites for hydroxylation is 1. The highest BCUT2D eigenvalue weighted by Crippen LogP contribution is 2.18. The first-order valence-corrected chi connectivity index (χ1v) is 8.93. The van der Waals surface area contributed by atoms with Crippen molar-refractivity contribution < 1.29 is 23.5 Å². The second-order valence-corrected chi connectivity index (χ2v) is 6.51. The fourth-order valence-corrected chi connectivity index (χ4v) is 3.02. The maximum Gasteiger partial charge on any atom is 0.339 e. The third kappa shape index (κ3) is 4.91. The lowest BCUT2D eigenvalue weighted by Crippen LogP contribution is -2.39. The number of carbonyl (C=O) groups excluding carboxylic acids is 2. The summed E-state index contributed by atoms with van der Waals surface area (Å²) in [5.41, 5.74) is -0.0470. The summed E-state index contributed by atoms with van der Waals surface area (Å²) >= 11 is 0. The smallest absolute Gasteiger partial charge is 0.339 e. The molecule has 8 heteroatoms. The van der Waals surface area contributed by atoms with Crippen molar-refractivity contribution in [2.75, 3.05) is 26.7 Å². The second kappa shape index (κ2) is 8.60. The Morgan fingerprint density at radius 2 is 2.07 bits per heavy atom. The normalized spacial score (nSPS) is 15.9. The lowest BCUT2D eigenvalue weighted by atomic mass is 10.2. The molecule has 148 valence electrons. The molecule has 2 amide bonds. The molecule has 1 fully saturated rings. The molecular weight excluding hydrogens is 364 g/mol. The predicted molar refractivity (Wildman–Crippen MR) is 101 cm³/mol. The molecule has 1 aliphatic rings. The minimum Gasteiger partial charge on any atom is -0.497 e. The third-order valence-electron chi connectivity index (χ3n) is 4.40. The van der Waals surface area contributed by atoms with Crippen LogP contribution in [0.1, 0.15) is 22.5 Å². The highest BCUT2D eigenvalue weighted by atomic mass is 16.5. The van der Waals surface area contributed by atoms with Crippen LogP contribution in [-0.4, -0.2) is 49.6 Å². The van der Waals surface area contributed by atoms with Crippen LogP contribution in [0.15, 0.2) is 45.6 Å². The van der Waals surface area contributed by atoms with Gasteiger partial charge in [0.1, 0.15) is 23.4 Å². The van der Waals surface area contributed by atoms with Gasteiger partial charge in [-0.3, -0.25) is 9.59 Å². The average Bonchev–Trinajstić information content (AvgIpc) is 3.13. The Morgan fingerprint density at radius 3 is 2.82 bits per heavy atom. The van der Waals surface area contributed by atoms with Gasteiger partial charge < -0.3 is 24.1 Å². The first-order valence-electron chi connectivity index (χ1n) is 8.93. The zero-order valence-corrected chi connectivity index (χ0v) is 15.8. The van der Waals surface area contributed by atoms with E-state index < -0.39 is 5.63 Å². The van der Waals surface area contributed by atoms with Gasteiger partial charge in [-0.05, 0) is 25.1 Å². The standard InChI is InChI=1S/C20H22N2O6/c1-13-8-17(10-19(24)27-13)28-16-6-7-22(12-16)18(23)11-21-20(25)14-4-3-5-15(9-14)26-2/h3-5,8-10,16H,6-7,11-12H2,1-2H3,(H,21,25). The lowest BCUT2D eigenvalue weighted by Gasteiger charge is -2.17. The van der Waals surface area contributed by atoms with Gasteiger partial charge in [0, 0.05) is 24.6 Å². The van der Waals surface area contributed by atoms with E-state index in [1.807, 2.05) is 0 Å². The number of methoxy groups -OCH3 is 1. The topological polar surface area (TPSA) is 98.1 Å². The number of hydrogen-bond acceptors (Lipinski definition) is 6. The maximum absolute atomic E-state index is 12.4. The summed E-state index contributed by atoms with van der Waals surface area (Å²) in [7, 11) is 1.52. The quantitative estimate of drug-likeness (QED) is 0.805. The molecule has 0 saturated carbocycles. The van der Waals surface area contributed by atoms with E-state index in [1.54, 1.807) is 42.2 Å². The molecule has 0 spiro atoms. The number of likely N-dealkylation sites (tertiary alicyclic amines) is 1. The minimum absolute atomic E-state index is 0.100. The van der Waals surface area contributed by atoms with Crippen molar-refractivity contribution in [3.63, 3.8) is 0 Å². The summed E-state index contributed by atoms with van der Waals surface area (Å²) < 4.78 is 15.8. The van der Waals surface area contributed by atoms with Crippen molar-refractivity contribution in [3.8, 4) is 11.5 Å². The maximum atomic E-state index is 12.4. The van der Waals surface area contributed by atoms with Gasteiger partial charge in [0.2, 0.25) is 5.91 Å². The number of carbonyl (C=O) groups is 2. The number of nitrogens with zero attached hydrogens (tertiary/aromatic N) is 1. The number of nitrogens with one attached hydrogen (secondary N) is 1. The third-order valence-corrected chi connectivity index (χ3v) is 4.40. The minimum atomic E-state index is -0.471. The first kappa shape index (κ1) is 19.5. The van der Waals surface area contributed by atoms with Crippen molar-refractivity contribution in [1.82, 2.24) is 10.2 Å². The summed E-state index contributed by atoms with van der Waals surface area (Å²) in [6.07, 6.45) is 0.439. The Hall–Kier alpha value is -3.29. The summed E-state index contributed by atoms with van der Waals surface area (Å²) in [4.78, 5) is 37.6. The molecule has 0 aliphatic carbocycles. The Kier molecular flexibility index (Phi) is 5.98. The molecule has 1 aromatic carbocycles. The highest BCUT2D eigenvalue weighted by molar-refractivity contribution is 5.96. The van der Waals surface area contributed by atoms with Crippen molar-refractivity contribution in [2.45, 2.75) is 19.4 Å². The number of hydrogen-bond donors (Lipinski definition) is 1. The molecule has 1 N–H and O–H groups in total.